The lowest BCUT2D eigenvalue weighted by atomic mass is 10.0. The van der Waals surface area contributed by atoms with Gasteiger partial charge in [0.25, 0.3) is 0 Å². The lowest BCUT2D eigenvalue weighted by Crippen LogP contribution is -2.54. The lowest BCUT2D eigenvalue weighted by molar-refractivity contribution is -0.191. The zero-order valence-corrected chi connectivity index (χ0v) is 12.2. The van der Waals surface area contributed by atoms with Gasteiger partial charge in [-0.05, 0) is 12.1 Å². The van der Waals surface area contributed by atoms with Crippen LogP contribution in [-0.2, 0) is 4.79 Å². The monoisotopic (exact) mass is 331 g/mol. The molecule has 1 aromatic heterocycles. The van der Waals surface area contributed by atoms with Crippen molar-refractivity contribution in [3.05, 3.63) is 24.0 Å². The van der Waals surface area contributed by atoms with Gasteiger partial charge in [0.2, 0.25) is 5.91 Å². The summed E-state index contributed by atoms with van der Waals surface area (Å²) in [5, 5.41) is 4.76. The van der Waals surface area contributed by atoms with Crippen molar-refractivity contribution in [1.82, 2.24) is 20.5 Å². The van der Waals surface area contributed by atoms with E-state index < -0.39 is 30.1 Å². The maximum atomic E-state index is 13.4. The normalized spacial score (nSPS) is 17.1. The summed E-state index contributed by atoms with van der Waals surface area (Å²) in [7, 11) is 1.06. The molecule has 10 heteroatoms. The highest BCUT2D eigenvalue weighted by molar-refractivity contribution is 5.83. The largest absolute Gasteiger partial charge is 0.414 e. The van der Waals surface area contributed by atoms with Gasteiger partial charge in [0.15, 0.2) is 6.04 Å². The predicted molar refractivity (Wildman–Crippen MR) is 75.1 cm³/mol. The quantitative estimate of drug-likeness (QED) is 0.757. The molecular formula is C13H16F3N5O2. The van der Waals surface area contributed by atoms with Crippen LogP contribution in [0.1, 0.15) is 11.7 Å². The summed E-state index contributed by atoms with van der Waals surface area (Å²) in [6, 6.07) is -0.211. The zero-order chi connectivity index (χ0) is 17.2. The molecule has 0 unspecified atom stereocenters. The molecule has 1 fully saturated rings. The first-order valence-corrected chi connectivity index (χ1v) is 6.76. The second-order valence-electron chi connectivity index (χ2n) is 5.20. The van der Waals surface area contributed by atoms with Crippen LogP contribution in [0.2, 0.25) is 0 Å². The van der Waals surface area contributed by atoms with Crippen molar-refractivity contribution in [2.24, 2.45) is 5.92 Å². The first-order chi connectivity index (χ1) is 10.7. The lowest BCUT2D eigenvalue weighted by Gasteiger charge is -2.33. The smallest absolute Gasteiger partial charge is 0.397 e. The molecule has 0 bridgehead atoms. The Morgan fingerprint density at radius 3 is 2.48 bits per heavy atom. The molecule has 1 saturated heterocycles. The Morgan fingerprint density at radius 2 is 2.00 bits per heavy atom. The number of carbonyl (C=O) groups excluding carboxylic acids is 2. The standard InChI is InChI=1S/C13H16F3N5O2/c1-21(11(22)7-4-19-12(23)20-5-7)10(13(14,15)16)9-3-2-8(17)6-18-9/h2-3,6-7,10H,4-5,17H2,1H3,(H2,19,20,23)/t10-/m0/s1. The van der Waals surface area contributed by atoms with Gasteiger partial charge in [0.1, 0.15) is 0 Å². The van der Waals surface area contributed by atoms with Crippen LogP contribution in [0, 0.1) is 5.92 Å². The molecule has 4 N–H and O–H groups in total. The third-order valence-electron chi connectivity index (χ3n) is 3.50. The zero-order valence-electron chi connectivity index (χ0n) is 12.2. The second kappa shape index (κ2) is 6.31. The number of aromatic nitrogens is 1. The molecule has 3 amide bonds. The summed E-state index contributed by atoms with van der Waals surface area (Å²) >= 11 is 0. The average Bonchev–Trinajstić information content (AvgIpc) is 2.48. The first-order valence-electron chi connectivity index (χ1n) is 6.76. The molecule has 0 aromatic carbocycles. The fourth-order valence-corrected chi connectivity index (χ4v) is 2.32. The summed E-state index contributed by atoms with van der Waals surface area (Å²) < 4.78 is 40.2. The van der Waals surface area contributed by atoms with E-state index in [0.717, 1.165) is 19.3 Å². The third-order valence-corrected chi connectivity index (χ3v) is 3.50. The van der Waals surface area contributed by atoms with Gasteiger partial charge >= 0.3 is 12.2 Å². The molecule has 7 nitrogen and oxygen atoms in total. The van der Waals surface area contributed by atoms with Gasteiger partial charge in [-0.2, -0.15) is 13.2 Å². The molecule has 2 rings (SSSR count). The Bertz CT molecular complexity index is 580. The number of nitrogens with one attached hydrogen (secondary N) is 2. The maximum absolute atomic E-state index is 13.4. The summed E-state index contributed by atoms with van der Waals surface area (Å²) in [5.74, 6) is -1.52. The number of amides is 3. The van der Waals surface area contributed by atoms with Crippen molar-refractivity contribution in [3.8, 4) is 0 Å². The summed E-state index contributed by atoms with van der Waals surface area (Å²) in [5.41, 5.74) is 5.33. The minimum absolute atomic E-state index is 0.0191. The van der Waals surface area contributed by atoms with E-state index in [0.29, 0.717) is 4.90 Å². The Kier molecular flexibility index (Phi) is 4.62. The SMILES string of the molecule is CN(C(=O)C1CNC(=O)NC1)[C@@H](c1ccc(N)cn1)C(F)(F)F. The molecule has 1 aromatic rings. The molecule has 1 aliphatic rings. The number of hydrogen-bond acceptors (Lipinski definition) is 4. The number of halogens is 3. The average molecular weight is 331 g/mol. The Balaban J connectivity index is 2.23. The van der Waals surface area contributed by atoms with Crippen LogP contribution in [0.3, 0.4) is 0 Å². The van der Waals surface area contributed by atoms with E-state index in [1.807, 2.05) is 0 Å². The van der Waals surface area contributed by atoms with Crippen molar-refractivity contribution >= 4 is 17.6 Å². The molecule has 1 atom stereocenters. The number of nitrogens with two attached hydrogens (primary N) is 1. The van der Waals surface area contributed by atoms with Crippen LogP contribution >= 0.6 is 0 Å². The van der Waals surface area contributed by atoms with Crippen LogP contribution in [0.4, 0.5) is 23.7 Å². The van der Waals surface area contributed by atoms with Gasteiger partial charge in [-0.15, -0.1) is 0 Å². The second-order valence-corrected chi connectivity index (χ2v) is 5.20. The van der Waals surface area contributed by atoms with Crippen LogP contribution < -0.4 is 16.4 Å². The number of urea groups is 1. The summed E-state index contributed by atoms with van der Waals surface area (Å²) in [6.07, 6.45) is -3.59. The molecule has 0 aliphatic carbocycles. The minimum atomic E-state index is -4.70. The predicted octanol–water partition coefficient (Wildman–Crippen LogP) is 0.655. The van der Waals surface area contributed by atoms with E-state index in [4.69, 9.17) is 5.73 Å². The van der Waals surface area contributed by atoms with Gasteiger partial charge in [-0.25, -0.2) is 4.79 Å². The van der Waals surface area contributed by atoms with Gasteiger partial charge in [-0.1, -0.05) is 0 Å². The number of anilines is 1. The number of carbonyl (C=O) groups is 2. The summed E-state index contributed by atoms with van der Waals surface area (Å²) in [6.45, 7) is -0.0382. The van der Waals surface area contributed by atoms with Gasteiger partial charge in [0, 0.05) is 20.1 Å². The third kappa shape index (κ3) is 3.82. The molecule has 0 saturated carbocycles. The highest BCUT2D eigenvalue weighted by Gasteiger charge is 2.47. The van der Waals surface area contributed by atoms with Crippen LogP contribution in [0.25, 0.3) is 0 Å². The molecule has 0 radical (unpaired) electrons. The van der Waals surface area contributed by atoms with Crippen LogP contribution in [0.5, 0.6) is 0 Å². The van der Waals surface area contributed by atoms with Gasteiger partial charge in [0.05, 0.1) is 23.5 Å². The van der Waals surface area contributed by atoms with Crippen molar-refractivity contribution in [1.29, 1.82) is 0 Å². The van der Waals surface area contributed by atoms with Crippen LogP contribution in [0.15, 0.2) is 18.3 Å². The van der Waals surface area contributed by atoms with E-state index >= 15 is 0 Å². The molecule has 2 heterocycles. The Hall–Kier alpha value is -2.52. The summed E-state index contributed by atoms with van der Waals surface area (Å²) in [4.78, 5) is 27.6. The molecule has 23 heavy (non-hydrogen) atoms. The van der Waals surface area contributed by atoms with Crippen molar-refractivity contribution < 1.29 is 22.8 Å². The topological polar surface area (TPSA) is 100 Å². The van der Waals surface area contributed by atoms with E-state index in [1.165, 1.54) is 6.07 Å². The van der Waals surface area contributed by atoms with Crippen LogP contribution in [-0.4, -0.2) is 48.1 Å². The molecule has 126 valence electrons. The number of nitrogens with zero attached hydrogens (tertiary/aromatic N) is 2. The van der Waals surface area contributed by atoms with Gasteiger partial charge < -0.3 is 21.3 Å². The van der Waals surface area contributed by atoms with E-state index in [9.17, 15) is 22.8 Å². The van der Waals surface area contributed by atoms with Crippen molar-refractivity contribution in [3.63, 3.8) is 0 Å². The number of nitrogen functional groups attached to an aromatic ring is 1. The minimum Gasteiger partial charge on any atom is -0.397 e. The number of pyridine rings is 1. The Morgan fingerprint density at radius 1 is 1.39 bits per heavy atom. The fraction of sp³-hybridized carbons (Fsp3) is 0.462. The first kappa shape index (κ1) is 16.8. The van der Waals surface area contributed by atoms with E-state index in [2.05, 4.69) is 15.6 Å². The van der Waals surface area contributed by atoms with Crippen molar-refractivity contribution in [2.45, 2.75) is 12.2 Å². The number of hydrogen-bond donors (Lipinski definition) is 3. The maximum Gasteiger partial charge on any atom is 0.414 e. The Labute approximate surface area is 130 Å². The fourth-order valence-electron chi connectivity index (χ4n) is 2.32. The molecular weight excluding hydrogens is 315 g/mol. The van der Waals surface area contributed by atoms with E-state index in [1.54, 1.807) is 0 Å². The molecule has 1 aliphatic heterocycles. The molecule has 0 spiro atoms. The highest BCUT2D eigenvalue weighted by atomic mass is 19.4. The van der Waals surface area contributed by atoms with Crippen molar-refractivity contribution in [2.75, 3.05) is 25.9 Å². The number of rotatable bonds is 3. The van der Waals surface area contributed by atoms with E-state index in [-0.39, 0.29) is 24.5 Å². The number of alkyl halides is 3. The highest BCUT2D eigenvalue weighted by Crippen LogP contribution is 2.36. The van der Waals surface area contributed by atoms with Gasteiger partial charge in [-0.3, -0.25) is 9.78 Å².